The van der Waals surface area contributed by atoms with Gasteiger partial charge in [-0.05, 0) is 48.9 Å². The molecule has 1 amide bonds. The molecule has 0 aliphatic carbocycles. The minimum Gasteiger partial charge on any atom is -0.370 e. The van der Waals surface area contributed by atoms with Crippen molar-refractivity contribution in [1.82, 2.24) is 20.1 Å². The average molecular weight is 423 g/mol. The fraction of sp³-hybridized carbons (Fsp3) is 0.333. The number of hydrogen-bond donors (Lipinski definition) is 2. The highest BCUT2D eigenvalue weighted by atomic mass is 32.1. The van der Waals surface area contributed by atoms with Gasteiger partial charge < -0.3 is 19.6 Å². The van der Waals surface area contributed by atoms with Crippen LogP contribution in [0.15, 0.2) is 40.2 Å². The molecule has 0 radical (unpaired) electrons. The first kappa shape index (κ1) is 19.0. The highest BCUT2D eigenvalue weighted by Crippen LogP contribution is 2.28. The first-order valence-corrected chi connectivity index (χ1v) is 10.9. The third-order valence-corrected chi connectivity index (χ3v) is 5.89. The number of aryl methyl sites for hydroxylation is 1. The normalized spacial score (nSPS) is 16.3. The summed E-state index contributed by atoms with van der Waals surface area (Å²) in [4.78, 5) is 25.6. The van der Waals surface area contributed by atoms with E-state index < -0.39 is 0 Å². The van der Waals surface area contributed by atoms with Gasteiger partial charge in [-0.1, -0.05) is 11.2 Å². The molecule has 1 aromatic carbocycles. The fourth-order valence-corrected chi connectivity index (χ4v) is 4.19. The van der Waals surface area contributed by atoms with E-state index in [9.17, 15) is 4.79 Å². The van der Waals surface area contributed by atoms with Gasteiger partial charge in [-0.15, -0.1) is 11.3 Å². The van der Waals surface area contributed by atoms with E-state index in [1.807, 2.05) is 35.7 Å². The zero-order valence-electron chi connectivity index (χ0n) is 16.3. The Balaban J connectivity index is 1.15. The molecular formula is C21H21N5O3S. The van der Waals surface area contributed by atoms with Crippen LogP contribution in [0.5, 0.6) is 0 Å². The molecule has 3 aromatic heterocycles. The number of nitrogens with zero attached hydrogens (tertiary/aromatic N) is 3. The summed E-state index contributed by atoms with van der Waals surface area (Å²) in [7, 11) is 0. The van der Waals surface area contributed by atoms with Crippen LogP contribution in [0, 0.1) is 0 Å². The van der Waals surface area contributed by atoms with Crippen LogP contribution < -0.4 is 5.32 Å². The Morgan fingerprint density at radius 1 is 1.30 bits per heavy atom. The van der Waals surface area contributed by atoms with E-state index in [0.29, 0.717) is 31.0 Å². The van der Waals surface area contributed by atoms with Crippen LogP contribution in [0.1, 0.15) is 43.5 Å². The van der Waals surface area contributed by atoms with Gasteiger partial charge in [0, 0.05) is 25.1 Å². The van der Waals surface area contributed by atoms with Gasteiger partial charge in [-0.25, -0.2) is 4.98 Å². The lowest BCUT2D eigenvalue weighted by Gasteiger charge is -2.04. The van der Waals surface area contributed by atoms with Crippen LogP contribution in [-0.2, 0) is 16.0 Å². The van der Waals surface area contributed by atoms with E-state index in [4.69, 9.17) is 9.26 Å². The Hall–Kier alpha value is -3.04. The summed E-state index contributed by atoms with van der Waals surface area (Å²) in [5, 5.41) is 8.90. The molecule has 1 saturated heterocycles. The van der Waals surface area contributed by atoms with Gasteiger partial charge in [0.25, 0.3) is 0 Å². The van der Waals surface area contributed by atoms with E-state index in [1.165, 1.54) is 0 Å². The standard InChI is InChI=1S/C21H21N5O3S/c27-18(6-1-7-19-25-21(26-29-19)17-5-3-11-30-17)22-13-8-9-14-15(12-13)24-20(23-14)16-4-2-10-28-16/h3,5,8-9,11-12,16H,1-2,4,6-7,10H2,(H,22,27)(H,23,24). The largest absolute Gasteiger partial charge is 0.370 e. The summed E-state index contributed by atoms with van der Waals surface area (Å²) in [6, 6.07) is 9.58. The van der Waals surface area contributed by atoms with Crippen molar-refractivity contribution >= 4 is 34.0 Å². The van der Waals surface area contributed by atoms with Crippen LogP contribution in [0.3, 0.4) is 0 Å². The zero-order valence-corrected chi connectivity index (χ0v) is 17.1. The first-order valence-electron chi connectivity index (χ1n) is 10.0. The molecule has 1 fully saturated rings. The molecule has 2 N–H and O–H groups in total. The molecule has 1 aliphatic heterocycles. The lowest BCUT2D eigenvalue weighted by atomic mass is 10.2. The van der Waals surface area contributed by atoms with Crippen molar-refractivity contribution in [2.45, 2.75) is 38.2 Å². The van der Waals surface area contributed by atoms with E-state index in [-0.39, 0.29) is 12.0 Å². The van der Waals surface area contributed by atoms with Crippen molar-refractivity contribution in [2.75, 3.05) is 11.9 Å². The number of ether oxygens (including phenoxy) is 1. The van der Waals surface area contributed by atoms with Crippen molar-refractivity contribution in [2.24, 2.45) is 0 Å². The second-order valence-corrected chi connectivity index (χ2v) is 8.19. The summed E-state index contributed by atoms with van der Waals surface area (Å²) < 4.78 is 11.0. The maximum absolute atomic E-state index is 12.3. The van der Waals surface area contributed by atoms with Crippen molar-refractivity contribution < 1.29 is 14.1 Å². The van der Waals surface area contributed by atoms with Crippen LogP contribution in [0.25, 0.3) is 21.7 Å². The molecule has 0 spiro atoms. The average Bonchev–Trinajstić information content (AvgIpc) is 3.54. The summed E-state index contributed by atoms with van der Waals surface area (Å²) >= 11 is 1.57. The number of imidazole rings is 1. The molecular weight excluding hydrogens is 402 g/mol. The van der Waals surface area contributed by atoms with E-state index in [2.05, 4.69) is 25.4 Å². The van der Waals surface area contributed by atoms with Crippen LogP contribution in [-0.4, -0.2) is 32.6 Å². The molecule has 154 valence electrons. The van der Waals surface area contributed by atoms with Gasteiger partial charge >= 0.3 is 0 Å². The number of anilines is 1. The molecule has 30 heavy (non-hydrogen) atoms. The first-order chi connectivity index (χ1) is 14.7. The number of nitrogens with one attached hydrogen (secondary N) is 2. The predicted octanol–water partition coefficient (Wildman–Crippen LogP) is 4.49. The Kier molecular flexibility index (Phi) is 5.29. The number of fused-ring (bicyclic) bond motifs is 1. The van der Waals surface area contributed by atoms with Gasteiger partial charge in [-0.3, -0.25) is 4.79 Å². The summed E-state index contributed by atoms with van der Waals surface area (Å²) in [5.74, 6) is 1.95. The maximum atomic E-state index is 12.3. The quantitative estimate of drug-likeness (QED) is 0.454. The lowest BCUT2D eigenvalue weighted by Crippen LogP contribution is -2.11. The lowest BCUT2D eigenvalue weighted by molar-refractivity contribution is -0.116. The number of aromatic amines is 1. The van der Waals surface area contributed by atoms with Crippen LogP contribution in [0.4, 0.5) is 5.69 Å². The Morgan fingerprint density at radius 2 is 2.27 bits per heavy atom. The number of carbonyl (C=O) groups excluding carboxylic acids is 1. The predicted molar refractivity (Wildman–Crippen MR) is 113 cm³/mol. The minimum absolute atomic E-state index is 0.0421. The number of benzene rings is 1. The topological polar surface area (TPSA) is 106 Å². The molecule has 9 heteroatoms. The van der Waals surface area contributed by atoms with Gasteiger partial charge in [0.1, 0.15) is 11.9 Å². The highest BCUT2D eigenvalue weighted by molar-refractivity contribution is 7.13. The smallest absolute Gasteiger partial charge is 0.226 e. The Morgan fingerprint density at radius 3 is 3.10 bits per heavy atom. The number of aromatic nitrogens is 4. The van der Waals surface area contributed by atoms with Crippen molar-refractivity contribution in [3.63, 3.8) is 0 Å². The Bertz CT molecular complexity index is 1140. The number of hydrogen-bond acceptors (Lipinski definition) is 7. The molecule has 4 aromatic rings. The minimum atomic E-state index is -0.0498. The molecule has 1 unspecified atom stereocenters. The maximum Gasteiger partial charge on any atom is 0.226 e. The highest BCUT2D eigenvalue weighted by Gasteiger charge is 2.21. The van der Waals surface area contributed by atoms with Gasteiger partial charge in [0.05, 0.1) is 15.9 Å². The number of H-pyrrole nitrogens is 1. The number of amides is 1. The summed E-state index contributed by atoms with van der Waals surface area (Å²) in [5.41, 5.74) is 2.51. The van der Waals surface area contributed by atoms with E-state index in [0.717, 1.165) is 46.9 Å². The number of thiophene rings is 1. The molecule has 0 saturated carbocycles. The number of rotatable bonds is 7. The van der Waals surface area contributed by atoms with E-state index in [1.54, 1.807) is 11.3 Å². The molecule has 4 heterocycles. The Labute approximate surface area is 176 Å². The molecule has 0 bridgehead atoms. The second kappa shape index (κ2) is 8.37. The van der Waals surface area contributed by atoms with Gasteiger partial charge in [0.15, 0.2) is 0 Å². The van der Waals surface area contributed by atoms with Crippen LogP contribution >= 0.6 is 11.3 Å². The van der Waals surface area contributed by atoms with Crippen molar-refractivity contribution in [3.8, 4) is 10.7 Å². The van der Waals surface area contributed by atoms with Crippen LogP contribution in [0.2, 0.25) is 0 Å². The fourth-order valence-electron chi connectivity index (χ4n) is 3.54. The summed E-state index contributed by atoms with van der Waals surface area (Å²) in [6.45, 7) is 0.780. The van der Waals surface area contributed by atoms with Gasteiger partial charge in [-0.2, -0.15) is 4.98 Å². The third kappa shape index (κ3) is 4.12. The SMILES string of the molecule is O=C(CCCc1nc(-c2cccs2)no1)Nc1ccc2nc(C3CCCO3)[nH]c2c1. The molecule has 1 atom stereocenters. The van der Waals surface area contributed by atoms with Crippen molar-refractivity contribution in [3.05, 3.63) is 47.4 Å². The second-order valence-electron chi connectivity index (χ2n) is 7.25. The van der Waals surface area contributed by atoms with Gasteiger partial charge in [0.2, 0.25) is 17.6 Å². The third-order valence-electron chi connectivity index (χ3n) is 5.02. The van der Waals surface area contributed by atoms with E-state index >= 15 is 0 Å². The zero-order chi connectivity index (χ0) is 20.3. The summed E-state index contributed by atoms with van der Waals surface area (Å²) in [6.07, 6.45) is 3.66. The van der Waals surface area contributed by atoms with Crippen molar-refractivity contribution in [1.29, 1.82) is 0 Å². The molecule has 5 rings (SSSR count). The molecule has 1 aliphatic rings. The number of carbonyl (C=O) groups is 1. The monoisotopic (exact) mass is 423 g/mol. The molecule has 8 nitrogen and oxygen atoms in total.